The summed E-state index contributed by atoms with van der Waals surface area (Å²) in [5.41, 5.74) is 3.15. The molecule has 0 unspecified atom stereocenters. The average molecular weight is 335 g/mol. The average Bonchev–Trinajstić information content (AvgIpc) is 3.43. The van der Waals surface area contributed by atoms with E-state index >= 15 is 0 Å². The van der Waals surface area contributed by atoms with Crippen molar-refractivity contribution < 1.29 is 4.39 Å². The van der Waals surface area contributed by atoms with Gasteiger partial charge in [0.25, 0.3) is 0 Å². The van der Waals surface area contributed by atoms with Gasteiger partial charge in [-0.1, -0.05) is 0 Å². The number of halogens is 1. The number of hydrogen-bond donors (Lipinski definition) is 2. The van der Waals surface area contributed by atoms with Crippen LogP contribution in [-0.2, 0) is 0 Å². The van der Waals surface area contributed by atoms with Crippen LogP contribution in [0.15, 0.2) is 48.8 Å². The fourth-order valence-electron chi connectivity index (χ4n) is 2.53. The minimum atomic E-state index is -0.221. The molecule has 1 saturated carbocycles. The molecule has 0 aliphatic heterocycles. The molecule has 25 heavy (non-hydrogen) atoms. The van der Waals surface area contributed by atoms with Gasteiger partial charge in [0.2, 0.25) is 5.95 Å². The molecule has 1 aliphatic carbocycles. The van der Waals surface area contributed by atoms with Gasteiger partial charge in [0, 0.05) is 35.8 Å². The highest BCUT2D eigenvalue weighted by Gasteiger charge is 2.22. The summed E-state index contributed by atoms with van der Waals surface area (Å²) in [5, 5.41) is 6.58. The maximum atomic E-state index is 13.5. The van der Waals surface area contributed by atoms with Gasteiger partial charge in [-0.05, 0) is 55.7 Å². The number of hydrogen-bond acceptors (Lipinski definition) is 5. The van der Waals surface area contributed by atoms with Crippen molar-refractivity contribution in [2.45, 2.75) is 25.8 Å². The van der Waals surface area contributed by atoms with Gasteiger partial charge in [-0.15, -0.1) is 0 Å². The molecule has 126 valence electrons. The molecule has 5 nitrogen and oxygen atoms in total. The Morgan fingerprint density at radius 1 is 1.04 bits per heavy atom. The minimum Gasteiger partial charge on any atom is -0.351 e. The molecular weight excluding hydrogens is 317 g/mol. The van der Waals surface area contributed by atoms with Crippen LogP contribution in [0.4, 0.5) is 21.8 Å². The first kappa shape index (κ1) is 15.5. The van der Waals surface area contributed by atoms with Gasteiger partial charge in [-0.2, -0.15) is 4.98 Å². The highest BCUT2D eigenvalue weighted by Crippen LogP contribution is 2.27. The molecule has 1 fully saturated rings. The Kier molecular flexibility index (Phi) is 4.01. The first-order chi connectivity index (χ1) is 12.2. The predicted molar refractivity (Wildman–Crippen MR) is 96.3 cm³/mol. The van der Waals surface area contributed by atoms with E-state index < -0.39 is 0 Å². The molecule has 2 N–H and O–H groups in total. The Bertz CT molecular complexity index is 894. The molecule has 4 rings (SSSR count). The molecule has 2 heterocycles. The number of aromatic nitrogens is 3. The fraction of sp³-hybridized carbons (Fsp3) is 0.211. The van der Waals surface area contributed by atoms with Crippen LogP contribution in [0.3, 0.4) is 0 Å². The molecule has 1 aliphatic rings. The molecule has 0 spiro atoms. The second kappa shape index (κ2) is 6.47. The SMILES string of the molecule is Cc1cc(Nc2cc(-c3ccncc3)nc(NC3CC3)n2)ccc1F. The van der Waals surface area contributed by atoms with Crippen LogP contribution in [0.25, 0.3) is 11.3 Å². The lowest BCUT2D eigenvalue weighted by Gasteiger charge is -2.11. The first-order valence-corrected chi connectivity index (χ1v) is 8.26. The topological polar surface area (TPSA) is 62.7 Å². The second-order valence-electron chi connectivity index (χ2n) is 6.21. The highest BCUT2D eigenvalue weighted by molar-refractivity contribution is 5.67. The molecule has 2 aromatic heterocycles. The van der Waals surface area contributed by atoms with Crippen LogP contribution < -0.4 is 10.6 Å². The minimum absolute atomic E-state index is 0.221. The van der Waals surface area contributed by atoms with Crippen molar-refractivity contribution in [1.29, 1.82) is 0 Å². The van der Waals surface area contributed by atoms with E-state index in [1.165, 1.54) is 6.07 Å². The molecule has 0 amide bonds. The van der Waals surface area contributed by atoms with E-state index in [1.54, 1.807) is 31.5 Å². The fourth-order valence-corrected chi connectivity index (χ4v) is 2.53. The molecule has 0 saturated heterocycles. The zero-order valence-corrected chi connectivity index (χ0v) is 13.8. The zero-order chi connectivity index (χ0) is 17.2. The number of anilines is 3. The normalized spacial score (nSPS) is 13.5. The van der Waals surface area contributed by atoms with E-state index in [4.69, 9.17) is 0 Å². The zero-order valence-electron chi connectivity index (χ0n) is 13.8. The summed E-state index contributed by atoms with van der Waals surface area (Å²) in [6.07, 6.45) is 5.76. The van der Waals surface area contributed by atoms with Crippen molar-refractivity contribution in [1.82, 2.24) is 15.0 Å². The van der Waals surface area contributed by atoms with Crippen molar-refractivity contribution in [3.63, 3.8) is 0 Å². The maximum absolute atomic E-state index is 13.5. The van der Waals surface area contributed by atoms with Crippen molar-refractivity contribution in [3.8, 4) is 11.3 Å². The molecule has 0 bridgehead atoms. The Morgan fingerprint density at radius 2 is 1.84 bits per heavy atom. The summed E-state index contributed by atoms with van der Waals surface area (Å²) in [5.74, 6) is 1.04. The molecular formula is C19H18FN5. The molecule has 3 aromatic rings. The van der Waals surface area contributed by atoms with Gasteiger partial charge >= 0.3 is 0 Å². The number of aryl methyl sites for hydroxylation is 1. The number of rotatable bonds is 5. The predicted octanol–water partition coefficient (Wildman–Crippen LogP) is 4.30. The van der Waals surface area contributed by atoms with E-state index in [0.717, 1.165) is 29.8 Å². The Labute approximate surface area is 145 Å². The smallest absolute Gasteiger partial charge is 0.225 e. The summed E-state index contributed by atoms with van der Waals surface area (Å²) in [7, 11) is 0. The largest absolute Gasteiger partial charge is 0.351 e. The van der Waals surface area contributed by atoms with E-state index in [1.807, 2.05) is 18.2 Å². The van der Waals surface area contributed by atoms with Crippen molar-refractivity contribution >= 4 is 17.5 Å². The van der Waals surface area contributed by atoms with Crippen molar-refractivity contribution in [2.24, 2.45) is 0 Å². The third-order valence-electron chi connectivity index (χ3n) is 4.04. The Balaban J connectivity index is 1.68. The van der Waals surface area contributed by atoms with Gasteiger partial charge in [0.15, 0.2) is 0 Å². The lowest BCUT2D eigenvalue weighted by atomic mass is 10.2. The monoisotopic (exact) mass is 335 g/mol. The van der Waals surface area contributed by atoms with E-state index in [0.29, 0.717) is 23.4 Å². The molecule has 1 aromatic carbocycles. The van der Waals surface area contributed by atoms with Crippen LogP contribution in [0.1, 0.15) is 18.4 Å². The van der Waals surface area contributed by atoms with Gasteiger partial charge < -0.3 is 10.6 Å². The van der Waals surface area contributed by atoms with Crippen LogP contribution in [0.5, 0.6) is 0 Å². The Morgan fingerprint density at radius 3 is 2.56 bits per heavy atom. The number of nitrogens with one attached hydrogen (secondary N) is 2. The van der Waals surface area contributed by atoms with Crippen LogP contribution in [0, 0.1) is 12.7 Å². The Hall–Kier alpha value is -3.02. The number of pyridine rings is 1. The van der Waals surface area contributed by atoms with Crippen LogP contribution in [0.2, 0.25) is 0 Å². The van der Waals surface area contributed by atoms with E-state index in [9.17, 15) is 4.39 Å². The first-order valence-electron chi connectivity index (χ1n) is 8.26. The van der Waals surface area contributed by atoms with Crippen LogP contribution >= 0.6 is 0 Å². The second-order valence-corrected chi connectivity index (χ2v) is 6.21. The van der Waals surface area contributed by atoms with E-state index in [-0.39, 0.29) is 5.82 Å². The maximum Gasteiger partial charge on any atom is 0.225 e. The van der Waals surface area contributed by atoms with Gasteiger partial charge in [0.05, 0.1) is 5.69 Å². The quantitative estimate of drug-likeness (QED) is 0.728. The van der Waals surface area contributed by atoms with Gasteiger partial charge in [0.1, 0.15) is 11.6 Å². The summed E-state index contributed by atoms with van der Waals surface area (Å²) in [6.45, 7) is 1.74. The summed E-state index contributed by atoms with van der Waals surface area (Å²) < 4.78 is 13.5. The van der Waals surface area contributed by atoms with Gasteiger partial charge in [-0.3, -0.25) is 4.98 Å². The van der Waals surface area contributed by atoms with Crippen molar-refractivity contribution in [2.75, 3.05) is 10.6 Å². The number of nitrogens with zero attached hydrogens (tertiary/aromatic N) is 3. The molecule has 0 atom stereocenters. The molecule has 0 radical (unpaired) electrons. The molecule has 6 heteroatoms. The van der Waals surface area contributed by atoms with Crippen molar-refractivity contribution in [3.05, 3.63) is 60.2 Å². The van der Waals surface area contributed by atoms with Gasteiger partial charge in [-0.25, -0.2) is 9.37 Å². The lowest BCUT2D eigenvalue weighted by Crippen LogP contribution is -2.07. The van der Waals surface area contributed by atoms with E-state index in [2.05, 4.69) is 25.6 Å². The summed E-state index contributed by atoms with van der Waals surface area (Å²) >= 11 is 0. The summed E-state index contributed by atoms with van der Waals surface area (Å²) in [6, 6.07) is 11.1. The lowest BCUT2D eigenvalue weighted by molar-refractivity contribution is 0.619. The summed E-state index contributed by atoms with van der Waals surface area (Å²) in [4.78, 5) is 13.2. The number of benzene rings is 1. The third kappa shape index (κ3) is 3.74. The van der Waals surface area contributed by atoms with Crippen LogP contribution in [-0.4, -0.2) is 21.0 Å². The highest BCUT2D eigenvalue weighted by atomic mass is 19.1. The standard InChI is InChI=1S/C19H18FN5/c1-12-10-15(4-5-16(12)20)22-18-11-17(13-6-8-21-9-7-13)24-19(25-18)23-14-2-3-14/h4-11,14H,2-3H2,1H3,(H2,22,23,24,25). The third-order valence-corrected chi connectivity index (χ3v) is 4.04.